The fourth-order valence-electron chi connectivity index (χ4n) is 1.52. The summed E-state index contributed by atoms with van der Waals surface area (Å²) in [6, 6.07) is 7.22. The molecule has 2 aromatic rings. The maximum Gasteiger partial charge on any atom is 0.250 e. The number of ether oxygens (including phenoxy) is 1. The van der Waals surface area contributed by atoms with E-state index in [1.54, 1.807) is 0 Å². The van der Waals surface area contributed by atoms with Crippen LogP contribution in [0.25, 0.3) is 0 Å². The molecule has 19 heavy (non-hydrogen) atoms. The predicted molar refractivity (Wildman–Crippen MR) is 65.8 cm³/mol. The lowest BCUT2D eigenvalue weighted by Gasteiger charge is -2.11. The van der Waals surface area contributed by atoms with Gasteiger partial charge in [0, 0.05) is 6.07 Å². The number of nitrogen functional groups attached to an aromatic ring is 1. The Morgan fingerprint density at radius 2 is 1.84 bits per heavy atom. The topological polar surface area (TPSA) is 78.3 Å². The monoisotopic (exact) mass is 264 g/mol. The molecular formula is C13H10F2N2O2. The van der Waals surface area contributed by atoms with E-state index in [0.717, 1.165) is 12.1 Å². The normalized spacial score (nSPS) is 10.2. The zero-order chi connectivity index (χ0) is 14.0. The second kappa shape index (κ2) is 4.93. The molecule has 0 fully saturated rings. The van der Waals surface area contributed by atoms with Crippen molar-refractivity contribution in [2.45, 2.75) is 0 Å². The van der Waals surface area contributed by atoms with Crippen LogP contribution in [-0.4, -0.2) is 5.91 Å². The average molecular weight is 264 g/mol. The number of hydrogen-bond acceptors (Lipinski definition) is 3. The van der Waals surface area contributed by atoms with Crippen molar-refractivity contribution < 1.29 is 18.3 Å². The zero-order valence-electron chi connectivity index (χ0n) is 9.69. The largest absolute Gasteiger partial charge is 0.452 e. The van der Waals surface area contributed by atoms with Crippen LogP contribution >= 0.6 is 0 Å². The number of hydrogen-bond donors (Lipinski definition) is 2. The van der Waals surface area contributed by atoms with Crippen molar-refractivity contribution in [2.24, 2.45) is 5.73 Å². The molecule has 0 heterocycles. The van der Waals surface area contributed by atoms with Gasteiger partial charge in [-0.05, 0) is 24.3 Å². The maximum absolute atomic E-state index is 13.4. The van der Waals surface area contributed by atoms with Gasteiger partial charge in [-0.1, -0.05) is 6.07 Å². The molecule has 4 nitrogen and oxygen atoms in total. The van der Waals surface area contributed by atoms with Crippen LogP contribution in [0.15, 0.2) is 36.4 Å². The highest BCUT2D eigenvalue weighted by atomic mass is 19.1. The Labute approximate surface area is 107 Å². The molecule has 0 aliphatic carbocycles. The van der Waals surface area contributed by atoms with Crippen LogP contribution in [0.1, 0.15) is 10.4 Å². The number of amides is 1. The third-order valence-electron chi connectivity index (χ3n) is 2.45. The van der Waals surface area contributed by atoms with Crippen molar-refractivity contribution in [3.8, 4) is 11.5 Å². The van der Waals surface area contributed by atoms with Crippen LogP contribution in [0, 0.1) is 11.6 Å². The molecule has 2 rings (SSSR count). The summed E-state index contributed by atoms with van der Waals surface area (Å²) in [6.07, 6.45) is 0. The first-order valence-electron chi connectivity index (χ1n) is 5.30. The van der Waals surface area contributed by atoms with E-state index in [9.17, 15) is 13.6 Å². The molecule has 0 saturated carbocycles. The molecule has 0 spiro atoms. The van der Waals surface area contributed by atoms with Gasteiger partial charge in [0.2, 0.25) is 0 Å². The number of anilines is 1. The van der Waals surface area contributed by atoms with E-state index < -0.39 is 17.5 Å². The van der Waals surface area contributed by atoms with E-state index in [1.165, 1.54) is 18.2 Å². The van der Waals surface area contributed by atoms with Gasteiger partial charge in [-0.2, -0.15) is 0 Å². The number of benzene rings is 2. The third-order valence-corrected chi connectivity index (χ3v) is 2.45. The number of carbonyl (C=O) groups is 1. The fourth-order valence-corrected chi connectivity index (χ4v) is 1.52. The Bertz CT molecular complexity index is 645. The summed E-state index contributed by atoms with van der Waals surface area (Å²) in [7, 11) is 0. The number of rotatable bonds is 3. The lowest BCUT2D eigenvalue weighted by molar-refractivity contribution is 0.100. The molecule has 0 radical (unpaired) electrons. The van der Waals surface area contributed by atoms with Crippen LogP contribution < -0.4 is 16.2 Å². The van der Waals surface area contributed by atoms with Gasteiger partial charge in [0.25, 0.3) is 5.91 Å². The van der Waals surface area contributed by atoms with Gasteiger partial charge in [-0.3, -0.25) is 4.79 Å². The molecule has 98 valence electrons. The lowest BCUT2D eigenvalue weighted by atomic mass is 10.1. The Morgan fingerprint density at radius 1 is 1.11 bits per heavy atom. The van der Waals surface area contributed by atoms with Gasteiger partial charge >= 0.3 is 0 Å². The molecule has 1 amide bonds. The summed E-state index contributed by atoms with van der Waals surface area (Å²) in [5, 5.41) is 0. The summed E-state index contributed by atoms with van der Waals surface area (Å²) in [5.41, 5.74) is 10.9. The molecule has 0 aliphatic rings. The highest BCUT2D eigenvalue weighted by Crippen LogP contribution is 2.31. The first-order chi connectivity index (χ1) is 8.99. The number of para-hydroxylation sites is 1. The van der Waals surface area contributed by atoms with Crippen LogP contribution in [0.5, 0.6) is 11.5 Å². The van der Waals surface area contributed by atoms with E-state index in [-0.39, 0.29) is 22.7 Å². The van der Waals surface area contributed by atoms with E-state index in [1.807, 2.05) is 0 Å². The molecule has 6 heteroatoms. The van der Waals surface area contributed by atoms with Crippen LogP contribution in [0.2, 0.25) is 0 Å². The highest BCUT2D eigenvalue weighted by molar-refractivity contribution is 5.99. The van der Waals surface area contributed by atoms with Crippen LogP contribution in [-0.2, 0) is 0 Å². The predicted octanol–water partition coefficient (Wildman–Crippen LogP) is 2.44. The minimum Gasteiger partial charge on any atom is -0.452 e. The average Bonchev–Trinajstić information content (AvgIpc) is 2.34. The van der Waals surface area contributed by atoms with Crippen LogP contribution in [0.4, 0.5) is 14.5 Å². The highest BCUT2D eigenvalue weighted by Gasteiger charge is 2.13. The Kier molecular flexibility index (Phi) is 3.33. The smallest absolute Gasteiger partial charge is 0.250 e. The molecule has 4 N–H and O–H groups in total. The minimum absolute atomic E-state index is 0.00118. The molecule has 0 saturated heterocycles. The molecule has 0 aromatic heterocycles. The van der Waals surface area contributed by atoms with E-state index in [2.05, 4.69) is 0 Å². The first kappa shape index (κ1) is 12.8. The third kappa shape index (κ3) is 2.62. The number of halogens is 2. The van der Waals surface area contributed by atoms with Crippen molar-refractivity contribution in [1.29, 1.82) is 0 Å². The molecule has 0 aliphatic heterocycles. The summed E-state index contributed by atoms with van der Waals surface area (Å²) < 4.78 is 31.4. The maximum atomic E-state index is 13.4. The lowest BCUT2D eigenvalue weighted by Crippen LogP contribution is -2.13. The molecule has 0 bridgehead atoms. The summed E-state index contributed by atoms with van der Waals surface area (Å²) >= 11 is 0. The van der Waals surface area contributed by atoms with E-state index in [4.69, 9.17) is 16.2 Å². The van der Waals surface area contributed by atoms with Gasteiger partial charge in [-0.25, -0.2) is 8.78 Å². The Morgan fingerprint density at radius 3 is 2.47 bits per heavy atom. The van der Waals surface area contributed by atoms with Gasteiger partial charge in [0.05, 0.1) is 11.3 Å². The number of primary amides is 1. The van der Waals surface area contributed by atoms with Crippen molar-refractivity contribution in [3.63, 3.8) is 0 Å². The summed E-state index contributed by atoms with van der Waals surface area (Å²) in [6.45, 7) is 0. The second-order valence-electron chi connectivity index (χ2n) is 3.76. The second-order valence-corrected chi connectivity index (χ2v) is 3.76. The van der Waals surface area contributed by atoms with E-state index in [0.29, 0.717) is 6.07 Å². The van der Waals surface area contributed by atoms with Gasteiger partial charge in [-0.15, -0.1) is 0 Å². The zero-order valence-corrected chi connectivity index (χ0v) is 9.69. The van der Waals surface area contributed by atoms with Crippen LogP contribution in [0.3, 0.4) is 0 Å². The van der Waals surface area contributed by atoms with Crippen molar-refractivity contribution in [1.82, 2.24) is 0 Å². The summed E-state index contributed by atoms with van der Waals surface area (Å²) in [4.78, 5) is 11.1. The van der Waals surface area contributed by atoms with E-state index >= 15 is 0 Å². The molecule has 0 atom stereocenters. The Balaban J connectivity index is 2.38. The van der Waals surface area contributed by atoms with Crippen molar-refractivity contribution >= 4 is 11.6 Å². The molecule has 0 unspecified atom stereocenters. The van der Waals surface area contributed by atoms with Crippen molar-refractivity contribution in [2.75, 3.05) is 5.73 Å². The standard InChI is InChI=1S/C13H10F2N2O2/c14-7-4-5-10(9(15)6-7)19-11-3-1-2-8(12(11)16)13(17)18/h1-6H,16H2,(H2,17,18). The summed E-state index contributed by atoms with van der Waals surface area (Å²) in [5.74, 6) is -2.44. The number of nitrogens with two attached hydrogens (primary N) is 2. The molecular weight excluding hydrogens is 254 g/mol. The van der Waals surface area contributed by atoms with Crippen molar-refractivity contribution in [3.05, 3.63) is 53.6 Å². The SMILES string of the molecule is NC(=O)c1cccc(Oc2ccc(F)cc2F)c1N. The fraction of sp³-hybridized carbons (Fsp3) is 0. The quantitative estimate of drug-likeness (QED) is 0.836. The van der Waals surface area contributed by atoms with Gasteiger partial charge in [0.15, 0.2) is 17.3 Å². The minimum atomic E-state index is -0.871. The molecule has 2 aromatic carbocycles. The first-order valence-corrected chi connectivity index (χ1v) is 5.30. The van der Waals surface area contributed by atoms with Gasteiger partial charge < -0.3 is 16.2 Å². The Hall–Kier alpha value is -2.63. The number of carbonyl (C=O) groups excluding carboxylic acids is 1. The van der Waals surface area contributed by atoms with Gasteiger partial charge in [0.1, 0.15) is 5.82 Å².